The Morgan fingerprint density at radius 1 is 1.25 bits per heavy atom. The highest BCUT2D eigenvalue weighted by Gasteiger charge is 2.20. The number of nitrogens with zero attached hydrogens (tertiary/aromatic N) is 1. The third kappa shape index (κ3) is 2.95. The molecule has 0 saturated carbocycles. The fourth-order valence-corrected chi connectivity index (χ4v) is 3.64. The third-order valence-corrected chi connectivity index (χ3v) is 4.83. The van der Waals surface area contributed by atoms with Gasteiger partial charge in [0.25, 0.3) is 0 Å². The van der Waals surface area contributed by atoms with E-state index < -0.39 is 0 Å². The van der Waals surface area contributed by atoms with E-state index in [1.54, 1.807) is 0 Å². The predicted octanol–water partition coefficient (Wildman–Crippen LogP) is 1.98. The van der Waals surface area contributed by atoms with Crippen LogP contribution >= 0.6 is 15.9 Å². The molecule has 2 heterocycles. The fraction of sp³-hybridized carbons (Fsp3) is 0.600. The summed E-state index contributed by atoms with van der Waals surface area (Å²) in [7, 11) is 0. The molecule has 1 aromatic carbocycles. The van der Waals surface area contributed by atoms with Crippen molar-refractivity contribution < 1.29 is 9.47 Å². The van der Waals surface area contributed by atoms with Crippen molar-refractivity contribution in [2.45, 2.75) is 13.3 Å². The Bertz CT molecular complexity index is 487. The lowest BCUT2D eigenvalue weighted by molar-refractivity contribution is 0.170. The molecule has 0 unspecified atom stereocenters. The number of hydrogen-bond acceptors (Lipinski definition) is 4. The van der Waals surface area contributed by atoms with E-state index in [1.165, 1.54) is 11.1 Å². The van der Waals surface area contributed by atoms with Crippen LogP contribution in [0.5, 0.6) is 11.5 Å². The van der Waals surface area contributed by atoms with Crippen LogP contribution in [0.25, 0.3) is 0 Å². The molecule has 0 radical (unpaired) electrons. The maximum Gasteiger partial charge on any atom is 0.175 e. The average molecular weight is 341 g/mol. The summed E-state index contributed by atoms with van der Waals surface area (Å²) >= 11 is 3.71. The van der Waals surface area contributed by atoms with Crippen LogP contribution < -0.4 is 14.8 Å². The first-order valence-corrected chi connectivity index (χ1v) is 8.05. The Morgan fingerprint density at radius 3 is 2.80 bits per heavy atom. The first-order chi connectivity index (χ1) is 9.75. The maximum absolute atomic E-state index is 5.75. The van der Waals surface area contributed by atoms with Gasteiger partial charge in [-0.15, -0.1) is 0 Å². The molecular formula is C15H21BrN2O2. The zero-order valence-electron chi connectivity index (χ0n) is 11.9. The van der Waals surface area contributed by atoms with Crippen molar-refractivity contribution in [2.24, 2.45) is 0 Å². The van der Waals surface area contributed by atoms with Crippen LogP contribution in [0, 0.1) is 6.92 Å². The SMILES string of the molecule is Cc1cc2c(c(Br)c1CCN1CCNCC1)OCCO2. The van der Waals surface area contributed by atoms with Gasteiger partial charge in [-0.3, -0.25) is 0 Å². The average Bonchev–Trinajstić information content (AvgIpc) is 2.48. The zero-order chi connectivity index (χ0) is 13.9. The second kappa shape index (κ2) is 6.33. The van der Waals surface area contributed by atoms with Crippen molar-refractivity contribution in [3.63, 3.8) is 0 Å². The highest BCUT2D eigenvalue weighted by Crippen LogP contribution is 2.41. The van der Waals surface area contributed by atoms with Crippen molar-refractivity contribution in [1.29, 1.82) is 0 Å². The molecule has 2 aliphatic rings. The molecule has 0 spiro atoms. The standard InChI is InChI=1S/C15H21BrN2O2/c1-11-10-13-15(20-9-8-19-13)14(16)12(11)2-5-18-6-3-17-4-7-18/h10,17H,2-9H2,1H3. The molecular weight excluding hydrogens is 320 g/mol. The molecule has 0 amide bonds. The Morgan fingerprint density at radius 2 is 2.00 bits per heavy atom. The number of halogens is 1. The van der Waals surface area contributed by atoms with Crippen molar-refractivity contribution in [1.82, 2.24) is 10.2 Å². The topological polar surface area (TPSA) is 33.7 Å². The lowest BCUT2D eigenvalue weighted by Gasteiger charge is -2.28. The van der Waals surface area contributed by atoms with Crippen LogP contribution in [-0.2, 0) is 6.42 Å². The Kier molecular flexibility index (Phi) is 4.48. The molecule has 4 nitrogen and oxygen atoms in total. The van der Waals surface area contributed by atoms with E-state index >= 15 is 0 Å². The van der Waals surface area contributed by atoms with E-state index in [0.717, 1.165) is 55.1 Å². The number of benzene rings is 1. The van der Waals surface area contributed by atoms with Gasteiger partial charge in [-0.25, -0.2) is 0 Å². The molecule has 1 saturated heterocycles. The van der Waals surface area contributed by atoms with Gasteiger partial charge >= 0.3 is 0 Å². The highest BCUT2D eigenvalue weighted by atomic mass is 79.9. The Hall–Kier alpha value is -0.780. The second-order valence-electron chi connectivity index (χ2n) is 5.35. The van der Waals surface area contributed by atoms with Gasteiger partial charge in [0.15, 0.2) is 11.5 Å². The number of rotatable bonds is 3. The summed E-state index contributed by atoms with van der Waals surface area (Å²) in [5, 5.41) is 3.39. The summed E-state index contributed by atoms with van der Waals surface area (Å²) in [6, 6.07) is 2.10. The molecule has 1 fully saturated rings. The minimum absolute atomic E-state index is 0.631. The summed E-state index contributed by atoms with van der Waals surface area (Å²) in [5.41, 5.74) is 2.61. The van der Waals surface area contributed by atoms with E-state index in [9.17, 15) is 0 Å². The number of aryl methyl sites for hydroxylation is 1. The smallest absolute Gasteiger partial charge is 0.175 e. The van der Waals surface area contributed by atoms with Crippen molar-refractivity contribution in [3.05, 3.63) is 21.7 Å². The van der Waals surface area contributed by atoms with Gasteiger partial charge in [0.2, 0.25) is 0 Å². The van der Waals surface area contributed by atoms with Crippen LogP contribution in [0.2, 0.25) is 0 Å². The lowest BCUT2D eigenvalue weighted by atomic mass is 10.0. The maximum atomic E-state index is 5.75. The first-order valence-electron chi connectivity index (χ1n) is 7.26. The van der Waals surface area contributed by atoms with Crippen LogP contribution in [-0.4, -0.2) is 50.8 Å². The summed E-state index contributed by atoms with van der Waals surface area (Å²) in [4.78, 5) is 2.51. The third-order valence-electron chi connectivity index (χ3n) is 3.99. The fourth-order valence-electron chi connectivity index (χ4n) is 2.82. The first kappa shape index (κ1) is 14.2. The molecule has 110 valence electrons. The summed E-state index contributed by atoms with van der Waals surface area (Å²) in [5.74, 6) is 1.74. The molecule has 0 aliphatic carbocycles. The number of piperazine rings is 1. The molecule has 2 aliphatic heterocycles. The van der Waals surface area contributed by atoms with Gasteiger partial charge < -0.3 is 19.7 Å². The van der Waals surface area contributed by atoms with E-state index in [4.69, 9.17) is 9.47 Å². The van der Waals surface area contributed by atoms with Crippen molar-refractivity contribution >= 4 is 15.9 Å². The molecule has 5 heteroatoms. The van der Waals surface area contributed by atoms with Gasteiger partial charge in [-0.05, 0) is 46.5 Å². The Labute approximate surface area is 128 Å². The molecule has 3 rings (SSSR count). The summed E-state index contributed by atoms with van der Waals surface area (Å²) < 4.78 is 12.5. The largest absolute Gasteiger partial charge is 0.486 e. The number of fused-ring (bicyclic) bond motifs is 1. The molecule has 0 atom stereocenters. The molecule has 0 aromatic heterocycles. The normalized spacial score (nSPS) is 19.1. The highest BCUT2D eigenvalue weighted by molar-refractivity contribution is 9.10. The summed E-state index contributed by atoms with van der Waals surface area (Å²) in [6.45, 7) is 8.99. The van der Waals surface area contributed by atoms with E-state index in [2.05, 4.69) is 39.1 Å². The quantitative estimate of drug-likeness (QED) is 0.912. The molecule has 1 aromatic rings. The van der Waals surface area contributed by atoms with Crippen LogP contribution in [0.15, 0.2) is 10.5 Å². The van der Waals surface area contributed by atoms with E-state index in [1.807, 2.05) is 0 Å². The van der Waals surface area contributed by atoms with Crippen LogP contribution in [0.4, 0.5) is 0 Å². The lowest BCUT2D eigenvalue weighted by Crippen LogP contribution is -2.44. The van der Waals surface area contributed by atoms with Gasteiger partial charge in [0.05, 0.1) is 4.47 Å². The number of hydrogen-bond donors (Lipinski definition) is 1. The number of nitrogens with one attached hydrogen (secondary N) is 1. The number of ether oxygens (including phenoxy) is 2. The van der Waals surface area contributed by atoms with Crippen molar-refractivity contribution in [3.8, 4) is 11.5 Å². The minimum Gasteiger partial charge on any atom is -0.486 e. The van der Waals surface area contributed by atoms with E-state index in [0.29, 0.717) is 13.2 Å². The summed E-state index contributed by atoms with van der Waals surface area (Å²) in [6.07, 6.45) is 1.04. The molecule has 1 N–H and O–H groups in total. The second-order valence-corrected chi connectivity index (χ2v) is 6.14. The van der Waals surface area contributed by atoms with Crippen LogP contribution in [0.1, 0.15) is 11.1 Å². The van der Waals surface area contributed by atoms with Crippen molar-refractivity contribution in [2.75, 3.05) is 45.9 Å². The Balaban J connectivity index is 1.75. The van der Waals surface area contributed by atoms with Gasteiger partial charge in [0.1, 0.15) is 13.2 Å². The van der Waals surface area contributed by atoms with Gasteiger partial charge in [-0.2, -0.15) is 0 Å². The van der Waals surface area contributed by atoms with Gasteiger partial charge in [-0.1, -0.05) is 0 Å². The minimum atomic E-state index is 0.631. The van der Waals surface area contributed by atoms with E-state index in [-0.39, 0.29) is 0 Å². The zero-order valence-corrected chi connectivity index (χ0v) is 13.5. The molecule has 20 heavy (non-hydrogen) atoms. The molecule has 0 bridgehead atoms. The van der Waals surface area contributed by atoms with Gasteiger partial charge in [0, 0.05) is 32.7 Å². The monoisotopic (exact) mass is 340 g/mol. The predicted molar refractivity (Wildman–Crippen MR) is 82.9 cm³/mol. The van der Waals surface area contributed by atoms with Crippen LogP contribution in [0.3, 0.4) is 0 Å².